The van der Waals surface area contributed by atoms with E-state index in [-0.39, 0.29) is 0 Å². The van der Waals surface area contributed by atoms with Crippen molar-refractivity contribution in [3.63, 3.8) is 0 Å². The minimum absolute atomic E-state index is 0.573. The molecule has 1 aromatic carbocycles. The highest BCUT2D eigenvalue weighted by Crippen LogP contribution is 2.27. The van der Waals surface area contributed by atoms with Gasteiger partial charge in [-0.2, -0.15) is 0 Å². The van der Waals surface area contributed by atoms with Gasteiger partial charge in [0.25, 0.3) is 0 Å². The fraction of sp³-hybridized carbons (Fsp3) is 0.600. The smallest absolute Gasteiger partial charge is 0.138 e. The fourth-order valence-corrected chi connectivity index (χ4v) is 3.15. The molecule has 1 aliphatic heterocycles. The van der Waals surface area contributed by atoms with Gasteiger partial charge in [-0.05, 0) is 57.1 Å². The van der Waals surface area contributed by atoms with Gasteiger partial charge in [-0.15, -0.1) is 0 Å². The Bertz CT molecular complexity index is 426. The normalized spacial score (nSPS) is 20.1. The molecule has 0 bridgehead atoms. The molecular weight excluding hydrogens is 295 g/mol. The van der Waals surface area contributed by atoms with Gasteiger partial charge in [0.15, 0.2) is 0 Å². The molecule has 1 N–H and O–H groups in total. The Morgan fingerprint density at radius 3 is 3.00 bits per heavy atom. The van der Waals surface area contributed by atoms with E-state index in [1.165, 1.54) is 12.8 Å². The van der Waals surface area contributed by atoms with Crippen LogP contribution in [0, 0.1) is 5.92 Å². The predicted molar refractivity (Wildman–Crippen MR) is 85.0 cm³/mol. The van der Waals surface area contributed by atoms with Crippen LogP contribution in [0.5, 0.6) is 5.75 Å². The largest absolute Gasteiger partial charge is 0.491 e. The van der Waals surface area contributed by atoms with Gasteiger partial charge in [-0.1, -0.05) is 23.2 Å². The molecule has 5 heteroatoms. The van der Waals surface area contributed by atoms with Gasteiger partial charge in [0, 0.05) is 18.1 Å². The maximum atomic E-state index is 6.08. The number of rotatable bonds is 6. The van der Waals surface area contributed by atoms with Crippen molar-refractivity contribution in [1.29, 1.82) is 0 Å². The van der Waals surface area contributed by atoms with Crippen LogP contribution < -0.4 is 10.1 Å². The molecule has 3 nitrogen and oxygen atoms in total. The molecule has 1 aromatic rings. The van der Waals surface area contributed by atoms with Crippen molar-refractivity contribution in [3.05, 3.63) is 28.2 Å². The third kappa shape index (κ3) is 4.81. The average Bonchev–Trinajstić information content (AvgIpc) is 2.42. The first-order valence-electron chi connectivity index (χ1n) is 7.14. The van der Waals surface area contributed by atoms with Gasteiger partial charge in [0.1, 0.15) is 12.4 Å². The second kappa shape index (κ2) is 8.08. The highest BCUT2D eigenvalue weighted by molar-refractivity contribution is 6.35. The van der Waals surface area contributed by atoms with Gasteiger partial charge in [-0.25, -0.2) is 0 Å². The molecule has 1 atom stereocenters. The standard InChI is InChI=1S/C15H22Cl2N2O/c1-18-10-12-3-2-6-19(11-12)7-8-20-15-5-4-13(16)9-14(15)17/h4-5,9,12,18H,2-3,6-8,10-11H2,1H3. The first-order valence-corrected chi connectivity index (χ1v) is 7.89. The molecule has 0 amide bonds. The van der Waals surface area contributed by atoms with Crippen LogP contribution in [0.3, 0.4) is 0 Å². The first kappa shape index (κ1) is 15.9. The molecule has 1 fully saturated rings. The summed E-state index contributed by atoms with van der Waals surface area (Å²) in [5.74, 6) is 1.47. The molecule has 1 heterocycles. The van der Waals surface area contributed by atoms with Crippen molar-refractivity contribution < 1.29 is 4.74 Å². The van der Waals surface area contributed by atoms with E-state index in [0.29, 0.717) is 22.4 Å². The Kier molecular flexibility index (Phi) is 6.43. The maximum absolute atomic E-state index is 6.08. The van der Waals surface area contributed by atoms with Crippen LogP contribution in [0.2, 0.25) is 10.0 Å². The molecule has 20 heavy (non-hydrogen) atoms. The van der Waals surface area contributed by atoms with E-state index >= 15 is 0 Å². The van der Waals surface area contributed by atoms with E-state index < -0.39 is 0 Å². The molecule has 1 aliphatic rings. The summed E-state index contributed by atoms with van der Waals surface area (Å²) < 4.78 is 5.74. The zero-order valence-corrected chi connectivity index (χ0v) is 13.4. The summed E-state index contributed by atoms with van der Waals surface area (Å²) in [4.78, 5) is 2.47. The molecule has 2 rings (SSSR count). The maximum Gasteiger partial charge on any atom is 0.138 e. The number of hydrogen-bond acceptors (Lipinski definition) is 3. The second-order valence-electron chi connectivity index (χ2n) is 5.29. The Morgan fingerprint density at radius 1 is 1.40 bits per heavy atom. The van der Waals surface area contributed by atoms with Gasteiger partial charge in [0.2, 0.25) is 0 Å². The quantitative estimate of drug-likeness (QED) is 0.871. The predicted octanol–water partition coefficient (Wildman–Crippen LogP) is 3.30. The highest BCUT2D eigenvalue weighted by Gasteiger charge is 2.18. The monoisotopic (exact) mass is 316 g/mol. The summed E-state index contributed by atoms with van der Waals surface area (Å²) in [6.45, 7) is 5.02. The van der Waals surface area contributed by atoms with Crippen LogP contribution in [-0.2, 0) is 0 Å². The molecule has 0 saturated carbocycles. The summed E-state index contributed by atoms with van der Waals surface area (Å²) in [7, 11) is 2.02. The number of benzene rings is 1. The molecule has 0 spiro atoms. The lowest BCUT2D eigenvalue weighted by molar-refractivity contribution is 0.146. The highest BCUT2D eigenvalue weighted by atomic mass is 35.5. The Labute approximate surface area is 131 Å². The van der Waals surface area contributed by atoms with Gasteiger partial charge in [0.05, 0.1) is 5.02 Å². The van der Waals surface area contributed by atoms with E-state index in [1.54, 1.807) is 12.1 Å². The van der Waals surface area contributed by atoms with E-state index in [4.69, 9.17) is 27.9 Å². The first-order chi connectivity index (χ1) is 9.69. The molecule has 0 radical (unpaired) electrons. The van der Waals surface area contributed by atoms with Crippen LogP contribution in [-0.4, -0.2) is 44.7 Å². The van der Waals surface area contributed by atoms with Crippen molar-refractivity contribution >= 4 is 23.2 Å². The molecule has 1 saturated heterocycles. The fourth-order valence-electron chi connectivity index (χ4n) is 2.69. The van der Waals surface area contributed by atoms with Crippen molar-refractivity contribution in [2.24, 2.45) is 5.92 Å². The van der Waals surface area contributed by atoms with E-state index in [0.717, 1.165) is 32.1 Å². The Balaban J connectivity index is 1.75. The van der Waals surface area contributed by atoms with Crippen LogP contribution >= 0.6 is 23.2 Å². The molecular formula is C15H22Cl2N2O. The molecule has 0 aromatic heterocycles. The van der Waals surface area contributed by atoms with E-state index in [1.807, 2.05) is 13.1 Å². The SMILES string of the molecule is CNCC1CCCN(CCOc2ccc(Cl)cc2Cl)C1. The minimum atomic E-state index is 0.573. The molecule has 1 unspecified atom stereocenters. The minimum Gasteiger partial charge on any atom is -0.491 e. The molecule has 0 aliphatic carbocycles. The number of nitrogens with one attached hydrogen (secondary N) is 1. The van der Waals surface area contributed by atoms with Crippen LogP contribution in [0.4, 0.5) is 0 Å². The van der Waals surface area contributed by atoms with Crippen LogP contribution in [0.25, 0.3) is 0 Å². The van der Waals surface area contributed by atoms with E-state index in [9.17, 15) is 0 Å². The Hall–Kier alpha value is -0.480. The second-order valence-corrected chi connectivity index (χ2v) is 6.13. The number of hydrogen-bond donors (Lipinski definition) is 1. The van der Waals surface area contributed by atoms with Crippen molar-refractivity contribution in [1.82, 2.24) is 10.2 Å². The zero-order valence-electron chi connectivity index (χ0n) is 11.9. The number of piperidine rings is 1. The van der Waals surface area contributed by atoms with Crippen molar-refractivity contribution in [3.8, 4) is 5.75 Å². The summed E-state index contributed by atoms with van der Waals surface area (Å²) in [5.41, 5.74) is 0. The number of ether oxygens (including phenoxy) is 1. The summed E-state index contributed by atoms with van der Waals surface area (Å²) in [6, 6.07) is 5.33. The number of nitrogens with zero attached hydrogens (tertiary/aromatic N) is 1. The third-order valence-electron chi connectivity index (χ3n) is 3.65. The van der Waals surface area contributed by atoms with Crippen molar-refractivity contribution in [2.75, 3.05) is 39.8 Å². The summed E-state index contributed by atoms with van der Waals surface area (Å²) in [5, 5.41) is 4.47. The van der Waals surface area contributed by atoms with Gasteiger partial charge in [-0.3, -0.25) is 4.90 Å². The lowest BCUT2D eigenvalue weighted by atomic mass is 9.98. The number of likely N-dealkylation sites (tertiary alicyclic amines) is 1. The lowest BCUT2D eigenvalue weighted by Gasteiger charge is -2.32. The van der Waals surface area contributed by atoms with E-state index in [2.05, 4.69) is 10.2 Å². The van der Waals surface area contributed by atoms with Gasteiger partial charge < -0.3 is 10.1 Å². The lowest BCUT2D eigenvalue weighted by Crippen LogP contribution is -2.40. The average molecular weight is 317 g/mol. The Morgan fingerprint density at radius 2 is 2.25 bits per heavy atom. The van der Waals surface area contributed by atoms with Crippen molar-refractivity contribution in [2.45, 2.75) is 12.8 Å². The summed E-state index contributed by atoms with van der Waals surface area (Å²) >= 11 is 11.9. The van der Waals surface area contributed by atoms with Crippen LogP contribution in [0.15, 0.2) is 18.2 Å². The van der Waals surface area contributed by atoms with Gasteiger partial charge >= 0.3 is 0 Å². The third-order valence-corrected chi connectivity index (χ3v) is 4.19. The van der Waals surface area contributed by atoms with Crippen LogP contribution in [0.1, 0.15) is 12.8 Å². The number of halogens is 2. The zero-order chi connectivity index (χ0) is 14.4. The molecule has 112 valence electrons. The summed E-state index contributed by atoms with van der Waals surface area (Å²) in [6.07, 6.45) is 2.59. The topological polar surface area (TPSA) is 24.5 Å².